The minimum Gasteiger partial charge on any atom is -0.338 e. The van der Waals surface area contributed by atoms with Gasteiger partial charge in [0.2, 0.25) is 0 Å². The molecule has 1 amide bonds. The molecule has 0 bridgehead atoms. The lowest BCUT2D eigenvalue weighted by Crippen LogP contribution is -2.44. The van der Waals surface area contributed by atoms with Crippen LogP contribution in [0.1, 0.15) is 28.9 Å². The number of nitrogens with zero attached hydrogens (tertiary/aromatic N) is 3. The van der Waals surface area contributed by atoms with Gasteiger partial charge in [-0.3, -0.25) is 4.79 Å². The summed E-state index contributed by atoms with van der Waals surface area (Å²) >= 11 is 5.92. The van der Waals surface area contributed by atoms with Gasteiger partial charge in [-0.25, -0.2) is 4.68 Å². The highest BCUT2D eigenvalue weighted by atomic mass is 35.5. The first-order valence-corrected chi connectivity index (χ1v) is 8.25. The van der Waals surface area contributed by atoms with E-state index in [2.05, 4.69) is 10.4 Å². The van der Waals surface area contributed by atoms with Crippen molar-refractivity contribution in [3.63, 3.8) is 0 Å². The smallest absolute Gasteiger partial charge is 0.257 e. The van der Waals surface area contributed by atoms with E-state index in [0.717, 1.165) is 37.3 Å². The summed E-state index contributed by atoms with van der Waals surface area (Å²) in [5.41, 5.74) is 2.31. The largest absolute Gasteiger partial charge is 0.338 e. The van der Waals surface area contributed by atoms with E-state index < -0.39 is 0 Å². The van der Waals surface area contributed by atoms with Crippen molar-refractivity contribution in [3.05, 3.63) is 46.7 Å². The Hall–Kier alpha value is -1.85. The van der Waals surface area contributed by atoms with Gasteiger partial charge in [0.05, 0.1) is 16.9 Å². The second-order valence-electron chi connectivity index (χ2n) is 5.90. The number of nitrogens with one attached hydrogen (secondary N) is 1. The SMILES string of the molecule is CNC1CCN(C(=O)c2cn(-c3ccc(Cl)cc3)nc2C)CC1. The summed E-state index contributed by atoms with van der Waals surface area (Å²) in [7, 11) is 1.97. The van der Waals surface area contributed by atoms with Gasteiger partial charge >= 0.3 is 0 Å². The summed E-state index contributed by atoms with van der Waals surface area (Å²) in [6.07, 6.45) is 3.80. The number of likely N-dealkylation sites (tertiary alicyclic amines) is 1. The lowest BCUT2D eigenvalue weighted by molar-refractivity contribution is 0.0706. The molecule has 1 aliphatic rings. The monoisotopic (exact) mass is 332 g/mol. The number of aryl methyl sites for hydroxylation is 1. The number of hydrogen-bond donors (Lipinski definition) is 1. The van der Waals surface area contributed by atoms with Gasteiger partial charge < -0.3 is 10.2 Å². The highest BCUT2D eigenvalue weighted by molar-refractivity contribution is 6.30. The Morgan fingerprint density at radius 3 is 2.52 bits per heavy atom. The maximum Gasteiger partial charge on any atom is 0.257 e. The molecule has 1 fully saturated rings. The number of carbonyl (C=O) groups excluding carboxylic acids is 1. The van der Waals surface area contributed by atoms with E-state index in [-0.39, 0.29) is 5.91 Å². The molecule has 1 saturated heterocycles. The van der Waals surface area contributed by atoms with Gasteiger partial charge in [0, 0.05) is 30.4 Å². The van der Waals surface area contributed by atoms with Crippen LogP contribution in [0.4, 0.5) is 0 Å². The van der Waals surface area contributed by atoms with Crippen LogP contribution < -0.4 is 5.32 Å². The molecule has 0 spiro atoms. The van der Waals surface area contributed by atoms with Crippen molar-refractivity contribution in [1.29, 1.82) is 0 Å². The molecular weight excluding hydrogens is 312 g/mol. The molecule has 0 radical (unpaired) electrons. The fourth-order valence-electron chi connectivity index (χ4n) is 2.94. The fraction of sp³-hybridized carbons (Fsp3) is 0.412. The van der Waals surface area contributed by atoms with Crippen LogP contribution >= 0.6 is 11.6 Å². The number of halogens is 1. The number of benzene rings is 1. The number of aromatic nitrogens is 2. The summed E-state index contributed by atoms with van der Waals surface area (Å²) in [5, 5.41) is 8.43. The molecule has 0 saturated carbocycles. The third-order valence-corrected chi connectivity index (χ3v) is 4.66. The number of rotatable bonds is 3. The van der Waals surface area contributed by atoms with Gasteiger partial charge in [-0.1, -0.05) is 11.6 Å². The van der Waals surface area contributed by atoms with Gasteiger partial charge in [0.15, 0.2) is 0 Å². The zero-order chi connectivity index (χ0) is 16.4. The molecule has 1 aliphatic heterocycles. The minimum absolute atomic E-state index is 0.0669. The molecule has 1 aromatic heterocycles. The van der Waals surface area contributed by atoms with Crippen LogP contribution in [0.15, 0.2) is 30.5 Å². The second kappa shape index (κ2) is 6.72. The average Bonchev–Trinajstić information content (AvgIpc) is 2.96. The van der Waals surface area contributed by atoms with Crippen molar-refractivity contribution < 1.29 is 4.79 Å². The lowest BCUT2D eigenvalue weighted by Gasteiger charge is -2.31. The van der Waals surface area contributed by atoms with Crippen LogP contribution in [0.25, 0.3) is 5.69 Å². The summed E-state index contributed by atoms with van der Waals surface area (Å²) in [6.45, 7) is 3.45. The van der Waals surface area contributed by atoms with Gasteiger partial charge in [0.1, 0.15) is 0 Å². The van der Waals surface area contributed by atoms with Crippen LogP contribution in [0.5, 0.6) is 0 Å². The Labute approximate surface area is 141 Å². The molecule has 3 rings (SSSR count). The van der Waals surface area contributed by atoms with Crippen LogP contribution in [-0.2, 0) is 0 Å². The van der Waals surface area contributed by atoms with Crippen LogP contribution in [0, 0.1) is 6.92 Å². The maximum absolute atomic E-state index is 12.7. The van der Waals surface area contributed by atoms with Gasteiger partial charge in [0.25, 0.3) is 5.91 Å². The highest BCUT2D eigenvalue weighted by Gasteiger charge is 2.25. The standard InChI is InChI=1S/C17H21ClN4O/c1-12-16(17(23)21-9-7-14(19-2)8-10-21)11-22(20-12)15-5-3-13(18)4-6-15/h3-6,11,14,19H,7-10H2,1-2H3. The third kappa shape index (κ3) is 3.41. The van der Waals surface area contributed by atoms with Crippen molar-refractivity contribution >= 4 is 17.5 Å². The van der Waals surface area contributed by atoms with Crippen molar-refractivity contribution in [2.45, 2.75) is 25.8 Å². The van der Waals surface area contributed by atoms with Crippen molar-refractivity contribution in [2.75, 3.05) is 20.1 Å². The Bertz CT molecular complexity index is 687. The summed E-state index contributed by atoms with van der Waals surface area (Å²) in [6, 6.07) is 7.93. The van der Waals surface area contributed by atoms with E-state index in [4.69, 9.17) is 11.6 Å². The van der Waals surface area contributed by atoms with E-state index in [0.29, 0.717) is 16.6 Å². The van der Waals surface area contributed by atoms with E-state index in [1.165, 1.54) is 0 Å². The molecular formula is C17H21ClN4O. The highest BCUT2D eigenvalue weighted by Crippen LogP contribution is 2.18. The predicted octanol–water partition coefficient (Wildman–Crippen LogP) is 2.66. The molecule has 23 heavy (non-hydrogen) atoms. The zero-order valence-corrected chi connectivity index (χ0v) is 14.2. The van der Waals surface area contributed by atoms with E-state index >= 15 is 0 Å². The van der Waals surface area contributed by atoms with E-state index in [1.807, 2.05) is 49.3 Å². The maximum atomic E-state index is 12.7. The van der Waals surface area contributed by atoms with Crippen molar-refractivity contribution in [1.82, 2.24) is 20.0 Å². The van der Waals surface area contributed by atoms with Crippen LogP contribution in [0.3, 0.4) is 0 Å². The Morgan fingerprint density at radius 2 is 1.91 bits per heavy atom. The van der Waals surface area contributed by atoms with Crippen LogP contribution in [0.2, 0.25) is 5.02 Å². The number of amides is 1. The van der Waals surface area contributed by atoms with Gasteiger partial charge in [-0.15, -0.1) is 0 Å². The molecule has 0 aliphatic carbocycles. The third-order valence-electron chi connectivity index (χ3n) is 4.41. The predicted molar refractivity (Wildman–Crippen MR) is 91.3 cm³/mol. The molecule has 5 nitrogen and oxygen atoms in total. The molecule has 0 unspecified atom stereocenters. The number of piperidine rings is 1. The van der Waals surface area contributed by atoms with Gasteiger partial charge in [-0.05, 0) is 51.1 Å². The summed E-state index contributed by atoms with van der Waals surface area (Å²) < 4.78 is 1.74. The molecule has 0 atom stereocenters. The van der Waals surface area contributed by atoms with Gasteiger partial charge in [-0.2, -0.15) is 5.10 Å². The second-order valence-corrected chi connectivity index (χ2v) is 6.34. The topological polar surface area (TPSA) is 50.2 Å². The molecule has 2 aromatic rings. The van der Waals surface area contributed by atoms with E-state index in [1.54, 1.807) is 4.68 Å². The normalized spacial score (nSPS) is 15.9. The first-order chi connectivity index (χ1) is 11.1. The Kier molecular flexibility index (Phi) is 4.68. The Morgan fingerprint density at radius 1 is 1.26 bits per heavy atom. The average molecular weight is 333 g/mol. The van der Waals surface area contributed by atoms with Crippen molar-refractivity contribution in [2.24, 2.45) is 0 Å². The quantitative estimate of drug-likeness (QED) is 0.940. The molecule has 122 valence electrons. The molecule has 2 heterocycles. The fourth-order valence-corrected chi connectivity index (χ4v) is 3.06. The first-order valence-electron chi connectivity index (χ1n) is 7.87. The minimum atomic E-state index is 0.0669. The summed E-state index contributed by atoms with van der Waals surface area (Å²) in [5.74, 6) is 0.0669. The lowest BCUT2D eigenvalue weighted by atomic mass is 10.0. The molecule has 1 N–H and O–H groups in total. The molecule has 6 heteroatoms. The zero-order valence-electron chi connectivity index (χ0n) is 13.4. The summed E-state index contributed by atoms with van der Waals surface area (Å²) in [4.78, 5) is 14.7. The number of carbonyl (C=O) groups is 1. The Balaban J connectivity index is 1.78. The first kappa shape index (κ1) is 16.0. The number of hydrogen-bond acceptors (Lipinski definition) is 3. The van der Waals surface area contributed by atoms with E-state index in [9.17, 15) is 4.79 Å². The van der Waals surface area contributed by atoms with Crippen molar-refractivity contribution in [3.8, 4) is 5.69 Å². The molecule has 1 aromatic carbocycles. The van der Waals surface area contributed by atoms with Crippen LogP contribution in [-0.4, -0.2) is 46.8 Å².